The third-order valence-electron chi connectivity index (χ3n) is 2.18. The summed E-state index contributed by atoms with van der Waals surface area (Å²) in [6.45, 7) is 1.72. The Labute approximate surface area is 86.1 Å². The zero-order chi connectivity index (χ0) is 10.8. The van der Waals surface area contributed by atoms with E-state index in [2.05, 4.69) is 4.98 Å². The van der Waals surface area contributed by atoms with Gasteiger partial charge in [-0.25, -0.2) is 4.98 Å². The third-order valence-corrected chi connectivity index (χ3v) is 2.18. The van der Waals surface area contributed by atoms with Crippen LogP contribution in [-0.2, 0) is 0 Å². The lowest BCUT2D eigenvalue weighted by molar-refractivity contribution is -0.385. The third kappa shape index (κ3) is 1.59. The van der Waals surface area contributed by atoms with Gasteiger partial charge in [-0.15, -0.1) is 0 Å². The Morgan fingerprint density at radius 3 is 2.87 bits per heavy atom. The summed E-state index contributed by atoms with van der Waals surface area (Å²) >= 11 is 0. The molecule has 0 unspecified atom stereocenters. The van der Waals surface area contributed by atoms with Crippen LogP contribution in [-0.4, -0.2) is 14.5 Å². The quantitative estimate of drug-likeness (QED) is 0.554. The molecule has 76 valence electrons. The summed E-state index contributed by atoms with van der Waals surface area (Å²) < 4.78 is 1.63. The molecule has 0 atom stereocenters. The molecule has 1 heterocycles. The zero-order valence-corrected chi connectivity index (χ0v) is 8.12. The largest absolute Gasteiger partial charge is 0.300 e. The van der Waals surface area contributed by atoms with Crippen molar-refractivity contribution in [3.05, 3.63) is 52.6 Å². The predicted octanol–water partition coefficient (Wildman–Crippen LogP) is 2.09. The molecule has 15 heavy (non-hydrogen) atoms. The summed E-state index contributed by atoms with van der Waals surface area (Å²) in [6.07, 6.45) is 4.82. The van der Waals surface area contributed by atoms with Crippen LogP contribution in [0.3, 0.4) is 0 Å². The molecule has 2 aromatic rings. The lowest BCUT2D eigenvalue weighted by Gasteiger charge is -2.04. The van der Waals surface area contributed by atoms with Crippen LogP contribution >= 0.6 is 0 Å². The van der Waals surface area contributed by atoms with Gasteiger partial charge in [-0.05, 0) is 13.0 Å². The summed E-state index contributed by atoms with van der Waals surface area (Å²) in [4.78, 5) is 14.4. The average Bonchev–Trinajstić information content (AvgIpc) is 2.69. The standard InChI is InChI=1S/C10H9N3O2/c1-8-3-2-4-9(10(8)13(14)15)12-6-5-11-7-12/h2-7H,1H3. The molecule has 1 aromatic carbocycles. The van der Waals surface area contributed by atoms with Gasteiger partial charge in [-0.1, -0.05) is 12.1 Å². The highest BCUT2D eigenvalue weighted by atomic mass is 16.6. The molecule has 0 aliphatic heterocycles. The summed E-state index contributed by atoms with van der Waals surface area (Å²) in [5, 5.41) is 10.9. The van der Waals surface area contributed by atoms with E-state index in [1.807, 2.05) is 0 Å². The van der Waals surface area contributed by atoms with Crippen LogP contribution in [0.2, 0.25) is 0 Å². The van der Waals surface area contributed by atoms with E-state index in [9.17, 15) is 10.1 Å². The van der Waals surface area contributed by atoms with E-state index in [0.717, 1.165) is 0 Å². The fraction of sp³-hybridized carbons (Fsp3) is 0.100. The molecule has 0 radical (unpaired) electrons. The van der Waals surface area contributed by atoms with Crippen LogP contribution in [0.4, 0.5) is 5.69 Å². The monoisotopic (exact) mass is 203 g/mol. The van der Waals surface area contributed by atoms with E-state index in [0.29, 0.717) is 11.3 Å². The molecule has 0 amide bonds. The molecule has 0 aliphatic carbocycles. The van der Waals surface area contributed by atoms with Gasteiger partial charge >= 0.3 is 0 Å². The molecule has 0 fully saturated rings. The molecule has 0 spiro atoms. The molecule has 0 aliphatic rings. The van der Waals surface area contributed by atoms with Crippen molar-refractivity contribution in [2.75, 3.05) is 0 Å². The molecule has 0 bridgehead atoms. The van der Waals surface area contributed by atoms with E-state index in [4.69, 9.17) is 0 Å². The van der Waals surface area contributed by atoms with Crippen molar-refractivity contribution in [3.63, 3.8) is 0 Å². The Bertz CT molecular complexity index is 491. The van der Waals surface area contributed by atoms with Crippen molar-refractivity contribution >= 4 is 5.69 Å². The first kappa shape index (κ1) is 9.39. The normalized spacial score (nSPS) is 10.2. The van der Waals surface area contributed by atoms with Crippen molar-refractivity contribution in [2.24, 2.45) is 0 Å². The molecule has 0 N–H and O–H groups in total. The van der Waals surface area contributed by atoms with Crippen LogP contribution in [0.1, 0.15) is 5.56 Å². The van der Waals surface area contributed by atoms with Crippen molar-refractivity contribution in [1.29, 1.82) is 0 Å². The van der Waals surface area contributed by atoms with E-state index in [-0.39, 0.29) is 10.6 Å². The summed E-state index contributed by atoms with van der Waals surface area (Å²) in [5.41, 5.74) is 1.30. The lowest BCUT2D eigenvalue weighted by atomic mass is 10.1. The first-order valence-electron chi connectivity index (χ1n) is 4.42. The minimum absolute atomic E-state index is 0.121. The van der Waals surface area contributed by atoms with Crippen LogP contribution in [0.15, 0.2) is 36.9 Å². The average molecular weight is 203 g/mol. The molecule has 1 aromatic heterocycles. The zero-order valence-electron chi connectivity index (χ0n) is 8.12. The maximum atomic E-state index is 10.9. The second-order valence-electron chi connectivity index (χ2n) is 3.17. The number of hydrogen-bond donors (Lipinski definition) is 0. The van der Waals surface area contributed by atoms with Gasteiger partial charge in [-0.3, -0.25) is 10.1 Å². The Balaban J connectivity index is 2.66. The van der Waals surface area contributed by atoms with Gasteiger partial charge in [0.25, 0.3) is 5.69 Å². The molecule has 0 saturated carbocycles. The van der Waals surface area contributed by atoms with E-state index < -0.39 is 0 Å². The number of benzene rings is 1. The second kappa shape index (κ2) is 3.53. The lowest BCUT2D eigenvalue weighted by Crippen LogP contribution is -2.00. The Hall–Kier alpha value is -2.17. The molecule has 0 saturated heterocycles. The summed E-state index contributed by atoms with van der Waals surface area (Å²) in [6, 6.07) is 5.21. The number of aromatic nitrogens is 2. The van der Waals surface area contributed by atoms with E-state index in [1.54, 1.807) is 48.4 Å². The van der Waals surface area contributed by atoms with Crippen molar-refractivity contribution in [1.82, 2.24) is 9.55 Å². The Morgan fingerprint density at radius 2 is 2.27 bits per heavy atom. The minimum Gasteiger partial charge on any atom is -0.300 e. The predicted molar refractivity (Wildman–Crippen MR) is 55.0 cm³/mol. The van der Waals surface area contributed by atoms with Gasteiger partial charge in [0, 0.05) is 18.0 Å². The number of nitro benzene ring substituents is 1. The molecule has 2 rings (SSSR count). The fourth-order valence-corrected chi connectivity index (χ4v) is 1.49. The van der Waals surface area contributed by atoms with Crippen LogP contribution < -0.4 is 0 Å². The maximum absolute atomic E-state index is 10.9. The number of rotatable bonds is 2. The van der Waals surface area contributed by atoms with Gasteiger partial charge in [-0.2, -0.15) is 0 Å². The molecule has 5 nitrogen and oxygen atoms in total. The van der Waals surface area contributed by atoms with Crippen molar-refractivity contribution in [2.45, 2.75) is 6.92 Å². The number of nitro groups is 1. The molecular weight excluding hydrogens is 194 g/mol. The topological polar surface area (TPSA) is 61.0 Å². The number of nitrogens with zero attached hydrogens (tertiary/aromatic N) is 3. The second-order valence-corrected chi connectivity index (χ2v) is 3.17. The fourth-order valence-electron chi connectivity index (χ4n) is 1.49. The highest BCUT2D eigenvalue weighted by Gasteiger charge is 2.17. The summed E-state index contributed by atoms with van der Waals surface area (Å²) in [7, 11) is 0. The molecule has 5 heteroatoms. The first-order valence-corrected chi connectivity index (χ1v) is 4.42. The number of hydrogen-bond acceptors (Lipinski definition) is 3. The Kier molecular flexibility index (Phi) is 2.21. The highest BCUT2D eigenvalue weighted by molar-refractivity contribution is 5.57. The van der Waals surface area contributed by atoms with Gasteiger partial charge < -0.3 is 4.57 Å². The van der Waals surface area contributed by atoms with Gasteiger partial charge in [0.1, 0.15) is 5.69 Å². The summed E-state index contributed by atoms with van der Waals surface area (Å²) in [5.74, 6) is 0. The van der Waals surface area contributed by atoms with Gasteiger partial charge in [0.05, 0.1) is 11.3 Å². The van der Waals surface area contributed by atoms with Gasteiger partial charge in [0.15, 0.2) is 0 Å². The van der Waals surface area contributed by atoms with Gasteiger partial charge in [0.2, 0.25) is 0 Å². The minimum atomic E-state index is -0.370. The van der Waals surface area contributed by atoms with Crippen molar-refractivity contribution in [3.8, 4) is 5.69 Å². The smallest absolute Gasteiger partial charge is 0.296 e. The molecular formula is C10H9N3O2. The first-order chi connectivity index (χ1) is 7.20. The maximum Gasteiger partial charge on any atom is 0.296 e. The van der Waals surface area contributed by atoms with Crippen LogP contribution in [0.25, 0.3) is 5.69 Å². The SMILES string of the molecule is Cc1cccc(-n2ccnc2)c1[N+](=O)[O-]. The van der Waals surface area contributed by atoms with Crippen molar-refractivity contribution < 1.29 is 4.92 Å². The van der Waals surface area contributed by atoms with E-state index >= 15 is 0 Å². The number of aryl methyl sites for hydroxylation is 1. The number of para-hydroxylation sites is 1. The highest BCUT2D eigenvalue weighted by Crippen LogP contribution is 2.25. The Morgan fingerprint density at radius 1 is 1.47 bits per heavy atom. The van der Waals surface area contributed by atoms with E-state index in [1.165, 1.54) is 0 Å². The van der Waals surface area contributed by atoms with Crippen LogP contribution in [0.5, 0.6) is 0 Å². The number of imidazole rings is 1. The van der Waals surface area contributed by atoms with Crippen LogP contribution in [0, 0.1) is 17.0 Å².